The largest absolute Gasteiger partial charge is 0.383 e. The highest BCUT2D eigenvalue weighted by molar-refractivity contribution is 5.86. The van der Waals surface area contributed by atoms with Crippen molar-refractivity contribution in [3.63, 3.8) is 0 Å². The molecule has 106 valence electrons. The van der Waals surface area contributed by atoms with E-state index in [1.165, 1.54) is 22.9 Å². The van der Waals surface area contributed by atoms with Crippen molar-refractivity contribution in [3.05, 3.63) is 58.6 Å². The molecule has 3 rings (SSSR count). The number of halogens is 1. The number of aromatic amines is 1. The number of hydrogen-bond acceptors (Lipinski definition) is 3. The van der Waals surface area contributed by atoms with Crippen molar-refractivity contribution in [3.8, 4) is 22.5 Å². The monoisotopic (exact) mass is 284 g/mol. The molecule has 5 nitrogen and oxygen atoms in total. The Kier molecular flexibility index (Phi) is 3.06. The quantitative estimate of drug-likeness (QED) is 0.757. The molecule has 0 saturated heterocycles. The Morgan fingerprint density at radius 3 is 2.71 bits per heavy atom. The van der Waals surface area contributed by atoms with Crippen molar-refractivity contribution >= 4 is 5.82 Å². The fourth-order valence-corrected chi connectivity index (χ4v) is 2.24. The van der Waals surface area contributed by atoms with Gasteiger partial charge in [0.15, 0.2) is 0 Å². The SMILES string of the molecule is Cn1nc(-c2cccc(=O)[nH]2)c(-c2cccc(F)c2)c1N. The Labute approximate surface area is 119 Å². The van der Waals surface area contributed by atoms with E-state index in [1.807, 2.05) is 0 Å². The van der Waals surface area contributed by atoms with Crippen molar-refractivity contribution < 1.29 is 4.39 Å². The lowest BCUT2D eigenvalue weighted by molar-refractivity contribution is 0.628. The smallest absolute Gasteiger partial charge is 0.248 e. The van der Waals surface area contributed by atoms with Gasteiger partial charge < -0.3 is 10.7 Å². The summed E-state index contributed by atoms with van der Waals surface area (Å²) in [5, 5.41) is 4.33. The number of benzene rings is 1. The number of nitrogens with two attached hydrogens (primary N) is 1. The first kappa shape index (κ1) is 13.1. The van der Waals surface area contributed by atoms with Crippen molar-refractivity contribution in [2.45, 2.75) is 0 Å². The summed E-state index contributed by atoms with van der Waals surface area (Å²) in [6, 6.07) is 10.9. The van der Waals surface area contributed by atoms with Crippen LogP contribution >= 0.6 is 0 Å². The van der Waals surface area contributed by atoms with E-state index in [2.05, 4.69) is 10.1 Å². The first-order valence-electron chi connectivity index (χ1n) is 6.34. The average molecular weight is 284 g/mol. The van der Waals surface area contributed by atoms with Gasteiger partial charge in [-0.2, -0.15) is 5.10 Å². The minimum atomic E-state index is -0.358. The molecule has 0 fully saturated rings. The lowest BCUT2D eigenvalue weighted by Crippen LogP contribution is -2.04. The van der Waals surface area contributed by atoms with Gasteiger partial charge in [-0.25, -0.2) is 4.39 Å². The van der Waals surface area contributed by atoms with E-state index in [-0.39, 0.29) is 11.4 Å². The number of aryl methyl sites for hydroxylation is 1. The topological polar surface area (TPSA) is 76.7 Å². The molecule has 6 heteroatoms. The van der Waals surface area contributed by atoms with Crippen molar-refractivity contribution in [1.29, 1.82) is 0 Å². The van der Waals surface area contributed by atoms with Crippen LogP contribution in [0.25, 0.3) is 22.5 Å². The predicted octanol–water partition coefficient (Wildman–Crippen LogP) is 2.16. The Morgan fingerprint density at radius 2 is 2.00 bits per heavy atom. The Morgan fingerprint density at radius 1 is 1.24 bits per heavy atom. The molecule has 0 aliphatic carbocycles. The molecular weight excluding hydrogens is 271 g/mol. The first-order valence-corrected chi connectivity index (χ1v) is 6.34. The summed E-state index contributed by atoms with van der Waals surface area (Å²) < 4.78 is 15.0. The zero-order valence-electron chi connectivity index (χ0n) is 11.3. The van der Waals surface area contributed by atoms with E-state index >= 15 is 0 Å². The maximum Gasteiger partial charge on any atom is 0.248 e. The van der Waals surface area contributed by atoms with E-state index in [1.54, 1.807) is 31.3 Å². The highest BCUT2D eigenvalue weighted by atomic mass is 19.1. The lowest BCUT2D eigenvalue weighted by Gasteiger charge is -2.04. The predicted molar refractivity (Wildman–Crippen MR) is 79.1 cm³/mol. The van der Waals surface area contributed by atoms with Crippen LogP contribution in [0.15, 0.2) is 47.3 Å². The van der Waals surface area contributed by atoms with Crippen LogP contribution in [-0.2, 0) is 7.05 Å². The van der Waals surface area contributed by atoms with Gasteiger partial charge >= 0.3 is 0 Å². The Balaban J connectivity index is 2.28. The molecule has 0 amide bonds. The number of aromatic nitrogens is 3. The standard InChI is InChI=1S/C15H13FN4O/c1-20-15(17)13(9-4-2-5-10(16)8-9)14(19-20)11-6-3-7-12(21)18-11/h2-8H,17H2,1H3,(H,18,21). The molecule has 0 spiro atoms. The molecule has 21 heavy (non-hydrogen) atoms. The van der Waals surface area contributed by atoms with Crippen LogP contribution < -0.4 is 11.3 Å². The van der Waals surface area contributed by atoms with Gasteiger partial charge in [0.2, 0.25) is 5.56 Å². The van der Waals surface area contributed by atoms with E-state index in [0.717, 1.165) is 0 Å². The molecule has 3 aromatic rings. The van der Waals surface area contributed by atoms with Gasteiger partial charge in [-0.15, -0.1) is 0 Å². The van der Waals surface area contributed by atoms with Crippen LogP contribution in [0.1, 0.15) is 0 Å². The van der Waals surface area contributed by atoms with Gasteiger partial charge in [-0.05, 0) is 23.8 Å². The molecule has 3 N–H and O–H groups in total. The third-order valence-electron chi connectivity index (χ3n) is 3.23. The average Bonchev–Trinajstić information content (AvgIpc) is 2.75. The molecule has 1 aromatic carbocycles. The number of nitrogens with one attached hydrogen (secondary N) is 1. The summed E-state index contributed by atoms with van der Waals surface area (Å²) in [6.45, 7) is 0. The molecule has 0 bridgehead atoms. The third kappa shape index (κ3) is 2.31. The van der Waals surface area contributed by atoms with Gasteiger partial charge in [-0.1, -0.05) is 18.2 Å². The molecule has 0 radical (unpaired) electrons. The van der Waals surface area contributed by atoms with Gasteiger partial charge in [0, 0.05) is 13.1 Å². The van der Waals surface area contributed by atoms with Crippen LogP contribution in [-0.4, -0.2) is 14.8 Å². The molecule has 0 unspecified atom stereocenters. The number of nitrogens with zero attached hydrogens (tertiary/aromatic N) is 2. The molecule has 2 heterocycles. The number of nitrogen functional groups attached to an aromatic ring is 1. The summed E-state index contributed by atoms with van der Waals surface area (Å²) in [6.07, 6.45) is 0. The summed E-state index contributed by atoms with van der Waals surface area (Å²) in [7, 11) is 1.70. The number of rotatable bonds is 2. The second kappa shape index (κ2) is 4.90. The highest BCUT2D eigenvalue weighted by Gasteiger charge is 2.18. The molecule has 0 aliphatic heterocycles. The fraction of sp³-hybridized carbons (Fsp3) is 0.0667. The summed E-state index contributed by atoms with van der Waals surface area (Å²) >= 11 is 0. The maximum absolute atomic E-state index is 13.5. The van der Waals surface area contributed by atoms with E-state index < -0.39 is 0 Å². The highest BCUT2D eigenvalue weighted by Crippen LogP contribution is 2.34. The minimum absolute atomic E-state index is 0.234. The second-order valence-corrected chi connectivity index (χ2v) is 4.67. The number of anilines is 1. The van der Waals surface area contributed by atoms with Crippen LogP contribution in [0.4, 0.5) is 10.2 Å². The fourth-order valence-electron chi connectivity index (χ4n) is 2.24. The van der Waals surface area contributed by atoms with Gasteiger partial charge in [0.25, 0.3) is 0 Å². The van der Waals surface area contributed by atoms with E-state index in [4.69, 9.17) is 5.73 Å². The van der Waals surface area contributed by atoms with Gasteiger partial charge in [-0.3, -0.25) is 9.48 Å². The van der Waals surface area contributed by atoms with E-state index in [9.17, 15) is 9.18 Å². The summed E-state index contributed by atoms with van der Waals surface area (Å²) in [5.41, 5.74) is 8.07. The number of hydrogen-bond donors (Lipinski definition) is 2. The molecule has 0 atom stereocenters. The van der Waals surface area contributed by atoms with Crippen LogP contribution in [0, 0.1) is 5.82 Å². The maximum atomic E-state index is 13.5. The van der Waals surface area contributed by atoms with Gasteiger partial charge in [0.1, 0.15) is 17.3 Å². The molecule has 2 aromatic heterocycles. The number of H-pyrrole nitrogens is 1. The van der Waals surface area contributed by atoms with Crippen molar-refractivity contribution in [1.82, 2.24) is 14.8 Å². The normalized spacial score (nSPS) is 10.8. The number of pyridine rings is 1. The van der Waals surface area contributed by atoms with E-state index in [0.29, 0.717) is 28.3 Å². The van der Waals surface area contributed by atoms with Crippen LogP contribution in [0.2, 0.25) is 0 Å². The lowest BCUT2D eigenvalue weighted by atomic mass is 10.0. The molecular formula is C15H13FN4O. The minimum Gasteiger partial charge on any atom is -0.383 e. The summed E-state index contributed by atoms with van der Waals surface area (Å²) in [4.78, 5) is 14.2. The molecule has 0 saturated carbocycles. The summed E-state index contributed by atoms with van der Waals surface area (Å²) in [5.74, 6) is 0.0450. The Bertz CT molecular complexity index is 866. The second-order valence-electron chi connectivity index (χ2n) is 4.67. The zero-order chi connectivity index (χ0) is 15.0. The van der Waals surface area contributed by atoms with Gasteiger partial charge in [0.05, 0.1) is 11.3 Å². The van der Waals surface area contributed by atoms with Crippen molar-refractivity contribution in [2.24, 2.45) is 7.05 Å². The van der Waals surface area contributed by atoms with Crippen LogP contribution in [0.5, 0.6) is 0 Å². The first-order chi connectivity index (χ1) is 10.1. The van der Waals surface area contributed by atoms with Crippen LogP contribution in [0.3, 0.4) is 0 Å². The molecule has 0 aliphatic rings. The van der Waals surface area contributed by atoms with Crippen molar-refractivity contribution in [2.75, 3.05) is 5.73 Å². The zero-order valence-corrected chi connectivity index (χ0v) is 11.3. The third-order valence-corrected chi connectivity index (χ3v) is 3.23. The Hall–Kier alpha value is -2.89.